The van der Waals surface area contributed by atoms with Crippen molar-refractivity contribution in [2.45, 2.75) is 70.0 Å². The van der Waals surface area contributed by atoms with E-state index >= 15 is 0 Å². The summed E-state index contributed by atoms with van der Waals surface area (Å²) in [6, 6.07) is -0.0746. The Hall–Kier alpha value is -1.44. The van der Waals surface area contributed by atoms with Crippen LogP contribution in [0.1, 0.15) is 58.8 Å². The van der Waals surface area contributed by atoms with Crippen LogP contribution in [0, 0.1) is 0 Å². The molecule has 1 saturated carbocycles. The number of sulfone groups is 1. The fraction of sp³-hybridized carbons (Fsp3) is 0.800. The predicted molar refractivity (Wildman–Crippen MR) is 87.0 cm³/mol. The summed E-state index contributed by atoms with van der Waals surface area (Å²) in [6.45, 7) is 4.44. The molecule has 7 nitrogen and oxygen atoms in total. The molecule has 1 aliphatic rings. The Morgan fingerprint density at radius 3 is 2.61 bits per heavy atom. The van der Waals surface area contributed by atoms with Crippen LogP contribution in [0.15, 0.2) is 11.5 Å². The molecule has 23 heavy (non-hydrogen) atoms. The lowest BCUT2D eigenvalue weighted by Crippen LogP contribution is -2.43. The van der Waals surface area contributed by atoms with Crippen LogP contribution in [0.2, 0.25) is 0 Å². The summed E-state index contributed by atoms with van der Waals surface area (Å²) in [5.74, 6) is 0.0157. The van der Waals surface area contributed by atoms with E-state index in [1.54, 1.807) is 4.90 Å². The number of carbonyl (C=O) groups is 1. The summed E-state index contributed by atoms with van der Waals surface area (Å²) in [5.41, 5.74) is 0. The topological polar surface area (TPSA) is 85.2 Å². The second-order valence-corrected chi connectivity index (χ2v) is 8.01. The van der Waals surface area contributed by atoms with Crippen molar-refractivity contribution in [3.8, 4) is 0 Å². The van der Waals surface area contributed by atoms with Gasteiger partial charge in [-0.3, -0.25) is 0 Å². The van der Waals surface area contributed by atoms with Gasteiger partial charge in [0.15, 0.2) is 0 Å². The molecule has 0 bridgehead atoms. The molecule has 1 aromatic heterocycles. The number of amides is 1. The second-order valence-electron chi connectivity index (χ2n) is 6.00. The van der Waals surface area contributed by atoms with Crippen molar-refractivity contribution in [1.29, 1.82) is 0 Å². The monoisotopic (exact) mass is 342 g/mol. The van der Waals surface area contributed by atoms with Crippen LogP contribution >= 0.6 is 0 Å². The van der Waals surface area contributed by atoms with Gasteiger partial charge in [-0.1, -0.05) is 32.6 Å². The van der Waals surface area contributed by atoms with Crippen molar-refractivity contribution in [2.24, 2.45) is 0 Å². The maximum Gasteiger partial charge on any atom is 0.346 e. The standard InChI is InChI=1S/C15H26N4O3S/c1-3-5-11-23(21,22)14-16-12-19(17-14)15(20)18(4-2)13-9-7-6-8-10-13/h12-13H,3-11H2,1-2H3. The van der Waals surface area contributed by atoms with Gasteiger partial charge in [0, 0.05) is 12.6 Å². The van der Waals surface area contributed by atoms with Crippen molar-refractivity contribution in [1.82, 2.24) is 19.7 Å². The molecular weight excluding hydrogens is 316 g/mol. The highest BCUT2D eigenvalue weighted by Gasteiger charge is 2.27. The van der Waals surface area contributed by atoms with Gasteiger partial charge in [-0.05, 0) is 26.2 Å². The molecule has 0 aromatic carbocycles. The quantitative estimate of drug-likeness (QED) is 0.793. The molecular formula is C15H26N4O3S. The average molecular weight is 342 g/mol. The lowest BCUT2D eigenvalue weighted by Gasteiger charge is -2.32. The minimum atomic E-state index is -3.51. The maximum absolute atomic E-state index is 12.6. The molecule has 0 spiro atoms. The third-order valence-corrected chi connectivity index (χ3v) is 5.88. The average Bonchev–Trinajstić information content (AvgIpc) is 3.05. The first kappa shape index (κ1) is 17.9. The maximum atomic E-state index is 12.6. The van der Waals surface area contributed by atoms with Crippen molar-refractivity contribution in [3.05, 3.63) is 6.33 Å². The number of rotatable bonds is 6. The molecule has 130 valence electrons. The van der Waals surface area contributed by atoms with Crippen molar-refractivity contribution in [3.63, 3.8) is 0 Å². The van der Waals surface area contributed by atoms with Gasteiger partial charge in [0.05, 0.1) is 5.75 Å². The third-order valence-electron chi connectivity index (χ3n) is 4.31. The van der Waals surface area contributed by atoms with Gasteiger partial charge >= 0.3 is 6.03 Å². The summed E-state index contributed by atoms with van der Waals surface area (Å²) in [5, 5.41) is 3.67. The van der Waals surface area contributed by atoms with Crippen LogP contribution in [0.4, 0.5) is 4.79 Å². The number of unbranched alkanes of at least 4 members (excludes halogenated alkanes) is 1. The van der Waals surface area contributed by atoms with E-state index in [1.165, 1.54) is 12.7 Å². The molecule has 1 heterocycles. The van der Waals surface area contributed by atoms with Crippen LogP contribution in [-0.4, -0.2) is 52.5 Å². The lowest BCUT2D eigenvalue weighted by molar-refractivity contribution is 0.158. The molecule has 0 unspecified atom stereocenters. The van der Waals surface area contributed by atoms with Gasteiger partial charge in [0.25, 0.3) is 5.16 Å². The van der Waals surface area contributed by atoms with E-state index in [0.717, 1.165) is 36.8 Å². The van der Waals surface area contributed by atoms with Gasteiger partial charge in [-0.15, -0.1) is 5.10 Å². The number of hydrogen-bond acceptors (Lipinski definition) is 5. The van der Waals surface area contributed by atoms with E-state index < -0.39 is 9.84 Å². The highest BCUT2D eigenvalue weighted by atomic mass is 32.2. The molecule has 1 aliphatic carbocycles. The van der Waals surface area contributed by atoms with Crippen LogP contribution in [-0.2, 0) is 9.84 Å². The molecule has 0 atom stereocenters. The molecule has 0 saturated heterocycles. The minimum Gasteiger partial charge on any atom is -0.320 e. The van der Waals surface area contributed by atoms with E-state index in [0.29, 0.717) is 13.0 Å². The number of carbonyl (C=O) groups excluding carboxylic acids is 1. The zero-order valence-corrected chi connectivity index (χ0v) is 14.8. The summed E-state index contributed by atoms with van der Waals surface area (Å²) >= 11 is 0. The first-order valence-corrected chi connectivity index (χ1v) is 10.1. The molecule has 8 heteroatoms. The Morgan fingerprint density at radius 1 is 1.30 bits per heavy atom. The zero-order valence-electron chi connectivity index (χ0n) is 13.9. The number of hydrogen-bond donors (Lipinski definition) is 0. The summed E-state index contributed by atoms with van der Waals surface area (Å²) in [6.07, 6.45) is 8.02. The van der Waals surface area contributed by atoms with Gasteiger partial charge in [-0.2, -0.15) is 4.68 Å². The van der Waals surface area contributed by atoms with E-state index in [2.05, 4.69) is 10.1 Å². The number of aromatic nitrogens is 3. The van der Waals surface area contributed by atoms with E-state index in [-0.39, 0.29) is 23.0 Å². The molecule has 0 aliphatic heterocycles. The van der Waals surface area contributed by atoms with Crippen LogP contribution in [0.5, 0.6) is 0 Å². The summed E-state index contributed by atoms with van der Waals surface area (Å²) in [7, 11) is -3.51. The van der Waals surface area contributed by atoms with Gasteiger partial charge < -0.3 is 4.90 Å². The lowest BCUT2D eigenvalue weighted by atomic mass is 9.94. The third kappa shape index (κ3) is 4.31. The second kappa shape index (κ2) is 7.90. The van der Waals surface area contributed by atoms with E-state index in [9.17, 15) is 13.2 Å². The predicted octanol–water partition coefficient (Wildman–Crippen LogP) is 2.47. The smallest absolute Gasteiger partial charge is 0.320 e. The summed E-state index contributed by atoms with van der Waals surface area (Å²) in [4.78, 5) is 18.2. The van der Waals surface area contributed by atoms with Crippen molar-refractivity contribution < 1.29 is 13.2 Å². The molecule has 0 N–H and O–H groups in total. The molecule has 1 fully saturated rings. The van der Waals surface area contributed by atoms with Crippen molar-refractivity contribution >= 4 is 15.9 Å². The SMILES string of the molecule is CCCCS(=O)(=O)c1ncn(C(=O)N(CC)C2CCCCC2)n1. The largest absolute Gasteiger partial charge is 0.346 e. The normalized spacial score (nSPS) is 16.4. The van der Waals surface area contributed by atoms with Crippen LogP contribution < -0.4 is 0 Å². The molecule has 1 amide bonds. The summed E-state index contributed by atoms with van der Waals surface area (Å²) < 4.78 is 25.3. The Labute approximate surface area is 138 Å². The highest BCUT2D eigenvalue weighted by molar-refractivity contribution is 7.91. The minimum absolute atomic E-state index is 0.0157. The first-order chi connectivity index (χ1) is 11.0. The van der Waals surface area contributed by atoms with E-state index in [1.807, 2.05) is 13.8 Å². The number of nitrogens with zero attached hydrogens (tertiary/aromatic N) is 4. The van der Waals surface area contributed by atoms with Crippen LogP contribution in [0.25, 0.3) is 0 Å². The first-order valence-electron chi connectivity index (χ1n) is 8.45. The fourth-order valence-corrected chi connectivity index (χ4v) is 4.25. The Kier molecular flexibility index (Phi) is 6.15. The molecule has 0 radical (unpaired) electrons. The zero-order chi connectivity index (χ0) is 16.9. The van der Waals surface area contributed by atoms with Gasteiger partial charge in [0.1, 0.15) is 6.33 Å². The Balaban J connectivity index is 2.13. The highest BCUT2D eigenvalue weighted by Crippen LogP contribution is 2.23. The van der Waals surface area contributed by atoms with Crippen molar-refractivity contribution in [2.75, 3.05) is 12.3 Å². The van der Waals surface area contributed by atoms with Gasteiger partial charge in [-0.25, -0.2) is 18.2 Å². The van der Waals surface area contributed by atoms with Gasteiger partial charge in [0.2, 0.25) is 9.84 Å². The van der Waals surface area contributed by atoms with E-state index in [4.69, 9.17) is 0 Å². The Morgan fingerprint density at radius 2 is 2.00 bits per heavy atom. The van der Waals surface area contributed by atoms with Crippen LogP contribution in [0.3, 0.4) is 0 Å². The molecule has 1 aromatic rings. The fourth-order valence-electron chi connectivity index (χ4n) is 2.98. The molecule has 2 rings (SSSR count). The Bertz CT molecular complexity index is 620.